The topological polar surface area (TPSA) is 86.1 Å². The molecule has 7 nitrogen and oxygen atoms in total. The van der Waals surface area contributed by atoms with E-state index < -0.39 is 11.9 Å². The summed E-state index contributed by atoms with van der Waals surface area (Å²) in [5, 5.41) is 9.73. The summed E-state index contributed by atoms with van der Waals surface area (Å²) in [6.45, 7) is 5.41. The minimum atomic E-state index is -0.587. The van der Waals surface area contributed by atoms with E-state index >= 15 is 0 Å². The summed E-state index contributed by atoms with van der Waals surface area (Å²) in [5.74, 6) is -0.986. The zero-order valence-corrected chi connectivity index (χ0v) is 18.5. The summed E-state index contributed by atoms with van der Waals surface area (Å²) in [6.07, 6.45) is 0. The molecule has 0 unspecified atom stereocenters. The lowest BCUT2D eigenvalue weighted by Crippen LogP contribution is -2.21. The minimum absolute atomic E-state index is 0.345. The van der Waals surface area contributed by atoms with E-state index in [1.807, 2.05) is 56.5 Å². The van der Waals surface area contributed by atoms with Gasteiger partial charge in [-0.05, 0) is 61.5 Å². The van der Waals surface area contributed by atoms with Gasteiger partial charge in [-0.3, -0.25) is 9.48 Å². The Hall–Kier alpha value is -3.52. The maximum Gasteiger partial charge on any atom is 0.339 e. The second kappa shape index (κ2) is 8.31. The summed E-state index contributed by atoms with van der Waals surface area (Å²) in [6, 6.07) is 11.2. The molecule has 1 amide bonds. The number of nitrogens with one attached hydrogen (secondary N) is 1. The monoisotopic (exact) mass is 434 g/mol. The molecule has 0 aliphatic heterocycles. The minimum Gasteiger partial charge on any atom is -0.452 e. The van der Waals surface area contributed by atoms with E-state index in [2.05, 4.69) is 15.4 Å². The lowest BCUT2D eigenvalue weighted by atomic mass is 10.1. The van der Waals surface area contributed by atoms with Crippen LogP contribution >= 0.6 is 11.3 Å². The lowest BCUT2D eigenvalue weighted by molar-refractivity contribution is -0.119. The molecule has 4 aromatic rings. The van der Waals surface area contributed by atoms with E-state index in [9.17, 15) is 9.59 Å². The second-order valence-electron chi connectivity index (χ2n) is 7.36. The molecule has 3 aromatic heterocycles. The first kappa shape index (κ1) is 20.7. The first-order chi connectivity index (χ1) is 14.8. The molecule has 0 saturated carbocycles. The van der Waals surface area contributed by atoms with E-state index in [1.165, 1.54) is 11.3 Å². The van der Waals surface area contributed by atoms with Gasteiger partial charge in [0.15, 0.2) is 12.3 Å². The van der Waals surface area contributed by atoms with Crippen molar-refractivity contribution >= 4 is 39.9 Å². The Kier molecular flexibility index (Phi) is 5.56. The number of hydrogen-bond acceptors (Lipinski definition) is 6. The van der Waals surface area contributed by atoms with Crippen molar-refractivity contribution in [1.82, 2.24) is 14.8 Å². The average molecular weight is 435 g/mol. The van der Waals surface area contributed by atoms with Crippen molar-refractivity contribution in [3.8, 4) is 10.6 Å². The Morgan fingerprint density at radius 3 is 2.65 bits per heavy atom. The molecule has 0 bridgehead atoms. The smallest absolute Gasteiger partial charge is 0.339 e. The predicted molar refractivity (Wildman–Crippen MR) is 121 cm³/mol. The predicted octanol–water partition coefficient (Wildman–Crippen LogP) is 4.42. The molecule has 31 heavy (non-hydrogen) atoms. The maximum atomic E-state index is 12.9. The van der Waals surface area contributed by atoms with Gasteiger partial charge in [-0.25, -0.2) is 9.78 Å². The number of aromatic nitrogens is 3. The van der Waals surface area contributed by atoms with Gasteiger partial charge in [-0.1, -0.05) is 12.1 Å². The normalized spacial score (nSPS) is 11.0. The van der Waals surface area contributed by atoms with Crippen LogP contribution in [0.1, 0.15) is 27.2 Å². The van der Waals surface area contributed by atoms with Crippen LogP contribution in [0.25, 0.3) is 21.6 Å². The van der Waals surface area contributed by atoms with Gasteiger partial charge < -0.3 is 10.1 Å². The SMILES string of the molecule is Cc1ccc(NC(=O)COC(=O)c2cc(-c3cccs3)nc3c2c(C)nn3C)cc1C. The number of anilines is 1. The largest absolute Gasteiger partial charge is 0.452 e. The van der Waals surface area contributed by atoms with Crippen LogP contribution < -0.4 is 5.32 Å². The first-order valence-electron chi connectivity index (χ1n) is 9.76. The number of carbonyl (C=O) groups is 2. The van der Waals surface area contributed by atoms with Crippen molar-refractivity contribution in [1.29, 1.82) is 0 Å². The molecule has 0 fully saturated rings. The Bertz CT molecular complexity index is 1290. The molecule has 0 saturated heterocycles. The Morgan fingerprint density at radius 2 is 1.94 bits per heavy atom. The number of nitrogens with zero attached hydrogens (tertiary/aromatic N) is 3. The van der Waals surface area contributed by atoms with Crippen LogP contribution in [0.4, 0.5) is 5.69 Å². The van der Waals surface area contributed by atoms with Crippen LogP contribution in [0.15, 0.2) is 41.8 Å². The molecule has 1 N–H and O–H groups in total. The molecule has 0 aliphatic carbocycles. The highest BCUT2D eigenvalue weighted by molar-refractivity contribution is 7.13. The van der Waals surface area contributed by atoms with Gasteiger partial charge in [-0.15, -0.1) is 11.3 Å². The number of thiophene rings is 1. The summed E-state index contributed by atoms with van der Waals surface area (Å²) in [7, 11) is 1.78. The van der Waals surface area contributed by atoms with Crippen LogP contribution in [-0.4, -0.2) is 33.2 Å². The third-order valence-corrected chi connectivity index (χ3v) is 5.98. The molecule has 3 heterocycles. The van der Waals surface area contributed by atoms with Crippen LogP contribution in [-0.2, 0) is 16.6 Å². The van der Waals surface area contributed by atoms with Crippen molar-refractivity contribution in [3.05, 3.63) is 64.2 Å². The number of amides is 1. The van der Waals surface area contributed by atoms with Gasteiger partial charge in [-0.2, -0.15) is 5.10 Å². The Balaban J connectivity index is 1.57. The molecule has 1 aromatic carbocycles. The van der Waals surface area contributed by atoms with E-state index in [0.717, 1.165) is 16.0 Å². The molecular formula is C23H22N4O3S. The van der Waals surface area contributed by atoms with Gasteiger partial charge in [0.25, 0.3) is 5.91 Å². The van der Waals surface area contributed by atoms with Gasteiger partial charge in [0.1, 0.15) is 0 Å². The van der Waals surface area contributed by atoms with Crippen molar-refractivity contribution < 1.29 is 14.3 Å². The summed E-state index contributed by atoms with van der Waals surface area (Å²) < 4.78 is 6.99. The molecule has 0 aliphatic rings. The molecule has 8 heteroatoms. The Morgan fingerprint density at radius 1 is 1.13 bits per heavy atom. The van der Waals surface area contributed by atoms with Crippen LogP contribution in [0.2, 0.25) is 0 Å². The number of fused-ring (bicyclic) bond motifs is 1. The lowest BCUT2D eigenvalue weighted by Gasteiger charge is -2.10. The zero-order chi connectivity index (χ0) is 22.1. The van der Waals surface area contributed by atoms with Crippen molar-refractivity contribution in [2.45, 2.75) is 20.8 Å². The number of ether oxygens (including phenoxy) is 1. The summed E-state index contributed by atoms with van der Waals surface area (Å²) in [4.78, 5) is 30.9. The van der Waals surface area contributed by atoms with E-state index in [-0.39, 0.29) is 6.61 Å². The highest BCUT2D eigenvalue weighted by Crippen LogP contribution is 2.29. The fraction of sp³-hybridized carbons (Fsp3) is 0.217. The van der Waals surface area contributed by atoms with Gasteiger partial charge in [0.2, 0.25) is 0 Å². The van der Waals surface area contributed by atoms with Crippen LogP contribution in [0.3, 0.4) is 0 Å². The molecule has 0 radical (unpaired) electrons. The number of benzene rings is 1. The molecule has 0 spiro atoms. The van der Waals surface area contributed by atoms with E-state index in [0.29, 0.717) is 33.7 Å². The number of esters is 1. The third kappa shape index (κ3) is 4.20. The van der Waals surface area contributed by atoms with Crippen LogP contribution in [0, 0.1) is 20.8 Å². The van der Waals surface area contributed by atoms with E-state index in [1.54, 1.807) is 17.8 Å². The van der Waals surface area contributed by atoms with E-state index in [4.69, 9.17) is 4.74 Å². The highest BCUT2D eigenvalue weighted by Gasteiger charge is 2.21. The van der Waals surface area contributed by atoms with Gasteiger partial charge in [0, 0.05) is 12.7 Å². The average Bonchev–Trinajstić information content (AvgIpc) is 3.37. The standard InChI is InChI=1S/C23H22N4O3S/c1-13-7-8-16(10-14(13)2)24-20(28)12-30-23(29)17-11-18(19-6-5-9-31-19)25-22-21(17)15(3)26-27(22)4/h5-11H,12H2,1-4H3,(H,24,28). The Labute approximate surface area is 183 Å². The van der Waals surface area contributed by atoms with Gasteiger partial charge in [0.05, 0.1) is 27.2 Å². The summed E-state index contributed by atoms with van der Waals surface area (Å²) >= 11 is 1.53. The molecule has 0 atom stereocenters. The zero-order valence-electron chi connectivity index (χ0n) is 17.7. The highest BCUT2D eigenvalue weighted by atomic mass is 32.1. The second-order valence-corrected chi connectivity index (χ2v) is 8.31. The number of aryl methyl sites for hydroxylation is 4. The number of hydrogen-bond donors (Lipinski definition) is 1. The van der Waals surface area contributed by atoms with Crippen molar-refractivity contribution in [2.75, 3.05) is 11.9 Å². The number of pyridine rings is 1. The van der Waals surface area contributed by atoms with Crippen LogP contribution in [0.5, 0.6) is 0 Å². The third-order valence-electron chi connectivity index (χ3n) is 5.09. The molecular weight excluding hydrogens is 412 g/mol. The molecule has 158 valence electrons. The fourth-order valence-electron chi connectivity index (χ4n) is 3.38. The van der Waals surface area contributed by atoms with Crippen molar-refractivity contribution in [2.24, 2.45) is 7.05 Å². The fourth-order valence-corrected chi connectivity index (χ4v) is 4.07. The summed E-state index contributed by atoms with van der Waals surface area (Å²) in [5.41, 5.74) is 5.15. The van der Waals surface area contributed by atoms with Crippen molar-refractivity contribution in [3.63, 3.8) is 0 Å². The van der Waals surface area contributed by atoms with Gasteiger partial charge >= 0.3 is 5.97 Å². The maximum absolute atomic E-state index is 12.9. The first-order valence-corrected chi connectivity index (χ1v) is 10.6. The number of rotatable bonds is 5. The number of carbonyl (C=O) groups excluding carboxylic acids is 2. The quantitative estimate of drug-likeness (QED) is 0.470. The molecule has 4 rings (SSSR count).